The predicted octanol–water partition coefficient (Wildman–Crippen LogP) is -0.783. The molecule has 2 amide bonds. The zero-order valence-corrected chi connectivity index (χ0v) is 12.5. The molecular weight excluding hydrogens is 244 g/mol. The van der Waals surface area contributed by atoms with Crippen LogP contribution in [-0.4, -0.2) is 85.9 Å². The third-order valence-corrected chi connectivity index (χ3v) is 3.64. The Labute approximate surface area is 115 Å². The van der Waals surface area contributed by atoms with E-state index in [1.807, 2.05) is 11.8 Å². The Hall–Kier alpha value is -1.14. The lowest BCUT2D eigenvalue weighted by Crippen LogP contribution is -2.51. The van der Waals surface area contributed by atoms with Crippen LogP contribution in [0.2, 0.25) is 0 Å². The van der Waals surface area contributed by atoms with E-state index in [2.05, 4.69) is 17.3 Å². The van der Waals surface area contributed by atoms with E-state index < -0.39 is 0 Å². The SMILES string of the molecule is CCN(C)C(=O)C(C)NCC(=O)N1CCN(C)CC1. The molecule has 0 saturated carbocycles. The van der Waals surface area contributed by atoms with Gasteiger partial charge < -0.3 is 14.7 Å². The van der Waals surface area contributed by atoms with E-state index in [4.69, 9.17) is 0 Å². The van der Waals surface area contributed by atoms with Gasteiger partial charge in [0.2, 0.25) is 11.8 Å². The van der Waals surface area contributed by atoms with E-state index in [1.54, 1.807) is 18.9 Å². The molecule has 1 fully saturated rings. The Bertz CT molecular complexity index is 314. The predicted molar refractivity (Wildman–Crippen MR) is 74.9 cm³/mol. The number of nitrogens with one attached hydrogen (secondary N) is 1. The third-order valence-electron chi connectivity index (χ3n) is 3.64. The minimum absolute atomic E-state index is 0.0219. The molecular formula is C13H26N4O2. The molecule has 0 aliphatic carbocycles. The van der Waals surface area contributed by atoms with Crippen molar-refractivity contribution in [2.24, 2.45) is 0 Å². The van der Waals surface area contributed by atoms with Crippen LogP contribution in [0.15, 0.2) is 0 Å². The van der Waals surface area contributed by atoms with Crippen LogP contribution in [0.25, 0.3) is 0 Å². The van der Waals surface area contributed by atoms with Gasteiger partial charge in [-0.3, -0.25) is 14.9 Å². The van der Waals surface area contributed by atoms with Crippen LogP contribution in [0, 0.1) is 0 Å². The Morgan fingerprint density at radius 2 is 1.84 bits per heavy atom. The minimum Gasteiger partial charge on any atom is -0.345 e. The fourth-order valence-electron chi connectivity index (χ4n) is 1.98. The molecule has 0 aromatic carbocycles. The van der Waals surface area contributed by atoms with Crippen molar-refractivity contribution in [3.63, 3.8) is 0 Å². The van der Waals surface area contributed by atoms with E-state index in [1.165, 1.54) is 0 Å². The van der Waals surface area contributed by atoms with Gasteiger partial charge in [0.1, 0.15) is 0 Å². The van der Waals surface area contributed by atoms with E-state index >= 15 is 0 Å². The Balaban J connectivity index is 2.31. The smallest absolute Gasteiger partial charge is 0.239 e. The van der Waals surface area contributed by atoms with Crippen molar-refractivity contribution in [3.05, 3.63) is 0 Å². The summed E-state index contributed by atoms with van der Waals surface area (Å²) in [6.07, 6.45) is 0. The molecule has 6 nitrogen and oxygen atoms in total. The zero-order chi connectivity index (χ0) is 14.4. The summed E-state index contributed by atoms with van der Waals surface area (Å²) in [5.41, 5.74) is 0. The fourth-order valence-corrected chi connectivity index (χ4v) is 1.98. The maximum absolute atomic E-state index is 12.0. The Morgan fingerprint density at radius 1 is 1.26 bits per heavy atom. The summed E-state index contributed by atoms with van der Waals surface area (Å²) in [5, 5.41) is 3.01. The van der Waals surface area contributed by atoms with Gasteiger partial charge in [-0.05, 0) is 20.9 Å². The summed E-state index contributed by atoms with van der Waals surface area (Å²) >= 11 is 0. The number of hydrogen-bond acceptors (Lipinski definition) is 4. The first kappa shape index (κ1) is 15.9. The number of amides is 2. The van der Waals surface area contributed by atoms with Gasteiger partial charge in [-0.25, -0.2) is 0 Å². The maximum atomic E-state index is 12.0. The molecule has 1 N–H and O–H groups in total. The fraction of sp³-hybridized carbons (Fsp3) is 0.846. The van der Waals surface area contributed by atoms with Gasteiger partial charge >= 0.3 is 0 Å². The quantitative estimate of drug-likeness (QED) is 0.712. The van der Waals surface area contributed by atoms with Crippen molar-refractivity contribution in [2.45, 2.75) is 19.9 Å². The van der Waals surface area contributed by atoms with Crippen LogP contribution in [-0.2, 0) is 9.59 Å². The minimum atomic E-state index is -0.318. The van der Waals surface area contributed by atoms with Crippen LogP contribution >= 0.6 is 0 Å². The Kier molecular flexibility index (Phi) is 6.24. The normalized spacial score (nSPS) is 18.2. The van der Waals surface area contributed by atoms with Gasteiger partial charge in [-0.15, -0.1) is 0 Å². The molecule has 0 spiro atoms. The molecule has 0 aromatic rings. The highest BCUT2D eigenvalue weighted by Gasteiger charge is 2.21. The largest absolute Gasteiger partial charge is 0.345 e. The lowest BCUT2D eigenvalue weighted by molar-refractivity contribution is -0.133. The van der Waals surface area contributed by atoms with E-state index in [0.717, 1.165) is 26.2 Å². The number of nitrogens with zero attached hydrogens (tertiary/aromatic N) is 3. The molecule has 1 rings (SSSR count). The summed E-state index contributed by atoms with van der Waals surface area (Å²) in [4.78, 5) is 29.5. The third kappa shape index (κ3) is 4.80. The molecule has 19 heavy (non-hydrogen) atoms. The summed E-state index contributed by atoms with van der Waals surface area (Å²) in [6, 6.07) is -0.318. The second-order valence-electron chi connectivity index (χ2n) is 5.14. The van der Waals surface area contributed by atoms with Crippen LogP contribution in [0.4, 0.5) is 0 Å². The van der Waals surface area contributed by atoms with Gasteiger partial charge in [-0.2, -0.15) is 0 Å². The van der Waals surface area contributed by atoms with Gasteiger partial charge in [0.15, 0.2) is 0 Å². The first-order valence-electron chi connectivity index (χ1n) is 6.90. The summed E-state index contributed by atoms with van der Waals surface area (Å²) in [6.45, 7) is 8.01. The number of carbonyl (C=O) groups is 2. The monoisotopic (exact) mass is 270 g/mol. The molecule has 1 aliphatic heterocycles. The lowest BCUT2D eigenvalue weighted by atomic mass is 10.2. The molecule has 0 bridgehead atoms. The van der Waals surface area contributed by atoms with Crippen molar-refractivity contribution < 1.29 is 9.59 Å². The Morgan fingerprint density at radius 3 is 2.37 bits per heavy atom. The highest BCUT2D eigenvalue weighted by atomic mass is 16.2. The molecule has 0 radical (unpaired) electrons. The second-order valence-corrected chi connectivity index (χ2v) is 5.14. The summed E-state index contributed by atoms with van der Waals surface area (Å²) in [7, 11) is 3.82. The number of piperazine rings is 1. The van der Waals surface area contributed by atoms with Crippen molar-refractivity contribution in [2.75, 3.05) is 53.4 Å². The topological polar surface area (TPSA) is 55.9 Å². The lowest BCUT2D eigenvalue weighted by Gasteiger charge is -2.32. The molecule has 1 atom stereocenters. The first-order chi connectivity index (χ1) is 8.95. The van der Waals surface area contributed by atoms with Crippen molar-refractivity contribution >= 4 is 11.8 Å². The number of hydrogen-bond donors (Lipinski definition) is 1. The van der Waals surface area contributed by atoms with E-state index in [9.17, 15) is 9.59 Å². The molecule has 0 aromatic heterocycles. The number of likely N-dealkylation sites (N-methyl/N-ethyl adjacent to an activating group) is 2. The molecule has 1 unspecified atom stereocenters. The van der Waals surface area contributed by atoms with Crippen molar-refractivity contribution in [1.29, 1.82) is 0 Å². The van der Waals surface area contributed by atoms with Crippen LogP contribution < -0.4 is 5.32 Å². The molecule has 1 heterocycles. The zero-order valence-electron chi connectivity index (χ0n) is 12.5. The van der Waals surface area contributed by atoms with E-state index in [0.29, 0.717) is 6.54 Å². The standard InChI is InChI=1S/C13H26N4O2/c1-5-16(4)13(19)11(2)14-10-12(18)17-8-6-15(3)7-9-17/h11,14H,5-10H2,1-4H3. The van der Waals surface area contributed by atoms with Gasteiger partial charge in [0, 0.05) is 39.8 Å². The summed E-state index contributed by atoms with van der Waals surface area (Å²) in [5.74, 6) is 0.0978. The van der Waals surface area contributed by atoms with Gasteiger partial charge in [0.05, 0.1) is 12.6 Å². The second kappa shape index (κ2) is 7.45. The molecule has 110 valence electrons. The summed E-state index contributed by atoms with van der Waals surface area (Å²) < 4.78 is 0. The molecule has 1 aliphatic rings. The van der Waals surface area contributed by atoms with Gasteiger partial charge in [-0.1, -0.05) is 0 Å². The average molecular weight is 270 g/mol. The first-order valence-corrected chi connectivity index (χ1v) is 6.90. The number of carbonyl (C=O) groups excluding carboxylic acids is 2. The molecule has 6 heteroatoms. The van der Waals surface area contributed by atoms with Crippen LogP contribution in [0.5, 0.6) is 0 Å². The van der Waals surface area contributed by atoms with Crippen molar-refractivity contribution in [3.8, 4) is 0 Å². The highest BCUT2D eigenvalue weighted by molar-refractivity contribution is 5.83. The highest BCUT2D eigenvalue weighted by Crippen LogP contribution is 1.99. The average Bonchev–Trinajstić information content (AvgIpc) is 2.43. The maximum Gasteiger partial charge on any atom is 0.239 e. The van der Waals surface area contributed by atoms with E-state index in [-0.39, 0.29) is 24.4 Å². The van der Waals surface area contributed by atoms with Crippen molar-refractivity contribution in [1.82, 2.24) is 20.0 Å². The van der Waals surface area contributed by atoms with Crippen LogP contribution in [0.3, 0.4) is 0 Å². The van der Waals surface area contributed by atoms with Crippen LogP contribution in [0.1, 0.15) is 13.8 Å². The van der Waals surface area contributed by atoms with Gasteiger partial charge in [0.25, 0.3) is 0 Å². The number of rotatable bonds is 5. The molecule has 1 saturated heterocycles.